The van der Waals surface area contributed by atoms with E-state index in [-0.39, 0.29) is 18.5 Å². The van der Waals surface area contributed by atoms with E-state index >= 15 is 0 Å². The van der Waals surface area contributed by atoms with Gasteiger partial charge in [0.15, 0.2) is 0 Å². The minimum Gasteiger partial charge on any atom is -0.386 e. The van der Waals surface area contributed by atoms with Gasteiger partial charge in [-0.1, -0.05) is 12.1 Å². The Hall–Kier alpha value is -0.930. The van der Waals surface area contributed by atoms with Gasteiger partial charge in [0.2, 0.25) is 0 Å². The molecular weight excluding hydrogens is 195 g/mol. The number of halogens is 1. The normalized spacial score (nSPS) is 13.2. The number of hydrogen-bond acceptors (Lipinski definition) is 2. The highest BCUT2D eigenvalue weighted by Gasteiger charge is 2.13. The number of ether oxygens (including phenoxy) is 1. The number of aliphatic hydroxyl groups excluding tert-OH is 1. The molecule has 0 amide bonds. The van der Waals surface area contributed by atoms with Crippen molar-refractivity contribution < 1.29 is 14.2 Å². The lowest BCUT2D eigenvalue weighted by Crippen LogP contribution is -2.13. The van der Waals surface area contributed by atoms with Crippen LogP contribution in [-0.4, -0.2) is 17.8 Å². The monoisotopic (exact) mass is 212 g/mol. The largest absolute Gasteiger partial charge is 0.386 e. The quantitative estimate of drug-likeness (QED) is 0.831. The van der Waals surface area contributed by atoms with Crippen molar-refractivity contribution in [2.24, 2.45) is 0 Å². The first-order valence-corrected chi connectivity index (χ1v) is 5.06. The molecule has 1 unspecified atom stereocenters. The Morgan fingerprint density at radius 3 is 2.60 bits per heavy atom. The fraction of sp³-hybridized carbons (Fsp3) is 0.500. The molecule has 0 aliphatic heterocycles. The van der Waals surface area contributed by atoms with Crippen molar-refractivity contribution in [3.8, 4) is 0 Å². The summed E-state index contributed by atoms with van der Waals surface area (Å²) in [5.74, 6) is -0.380. The first-order valence-electron chi connectivity index (χ1n) is 5.06. The summed E-state index contributed by atoms with van der Waals surface area (Å²) in [5, 5.41) is 9.68. The van der Waals surface area contributed by atoms with Crippen LogP contribution in [0.2, 0.25) is 0 Å². The average Bonchev–Trinajstić information content (AvgIpc) is 2.14. The van der Waals surface area contributed by atoms with Crippen LogP contribution in [0.5, 0.6) is 0 Å². The molecule has 1 N–H and O–H groups in total. The predicted molar refractivity (Wildman–Crippen MR) is 57.2 cm³/mol. The number of rotatable bonds is 4. The third-order valence-electron chi connectivity index (χ3n) is 2.10. The van der Waals surface area contributed by atoms with Crippen molar-refractivity contribution in [3.63, 3.8) is 0 Å². The van der Waals surface area contributed by atoms with Crippen molar-refractivity contribution in [1.29, 1.82) is 0 Å². The highest BCUT2D eigenvalue weighted by atomic mass is 19.1. The second kappa shape index (κ2) is 5.24. The molecule has 15 heavy (non-hydrogen) atoms. The molecule has 0 heterocycles. The van der Waals surface area contributed by atoms with Gasteiger partial charge in [0, 0.05) is 5.56 Å². The second-order valence-corrected chi connectivity index (χ2v) is 3.92. The lowest BCUT2D eigenvalue weighted by molar-refractivity contribution is 0.00359. The van der Waals surface area contributed by atoms with E-state index in [1.54, 1.807) is 12.1 Å². The van der Waals surface area contributed by atoms with Crippen molar-refractivity contribution in [1.82, 2.24) is 0 Å². The van der Waals surface area contributed by atoms with E-state index in [9.17, 15) is 9.50 Å². The van der Waals surface area contributed by atoms with E-state index < -0.39 is 6.10 Å². The van der Waals surface area contributed by atoms with Crippen LogP contribution in [0, 0.1) is 12.7 Å². The van der Waals surface area contributed by atoms with Crippen LogP contribution in [0.25, 0.3) is 0 Å². The van der Waals surface area contributed by atoms with Gasteiger partial charge in [0.25, 0.3) is 0 Å². The first kappa shape index (κ1) is 12.1. The molecule has 0 bridgehead atoms. The molecule has 0 fully saturated rings. The van der Waals surface area contributed by atoms with E-state index in [0.29, 0.717) is 5.56 Å². The van der Waals surface area contributed by atoms with E-state index in [0.717, 1.165) is 5.56 Å². The molecule has 0 aliphatic rings. The SMILES string of the molecule is Cc1ccc(C(O)COC(C)C)c(F)c1. The third kappa shape index (κ3) is 3.61. The maximum Gasteiger partial charge on any atom is 0.129 e. The Bertz CT molecular complexity index is 323. The van der Waals surface area contributed by atoms with Crippen LogP contribution in [0.3, 0.4) is 0 Å². The Morgan fingerprint density at radius 2 is 2.07 bits per heavy atom. The summed E-state index contributed by atoms with van der Waals surface area (Å²) in [5.41, 5.74) is 1.13. The van der Waals surface area contributed by atoms with E-state index in [2.05, 4.69) is 0 Å². The van der Waals surface area contributed by atoms with Crippen molar-refractivity contribution in [2.75, 3.05) is 6.61 Å². The molecule has 0 radical (unpaired) electrons. The summed E-state index contributed by atoms with van der Waals surface area (Å²) in [4.78, 5) is 0. The third-order valence-corrected chi connectivity index (χ3v) is 2.10. The van der Waals surface area contributed by atoms with Crippen LogP contribution in [0.4, 0.5) is 4.39 Å². The summed E-state index contributed by atoms with van der Waals surface area (Å²) in [7, 11) is 0. The molecule has 0 spiro atoms. The van der Waals surface area contributed by atoms with Gasteiger partial charge >= 0.3 is 0 Å². The van der Waals surface area contributed by atoms with Crippen LogP contribution in [0.15, 0.2) is 18.2 Å². The fourth-order valence-corrected chi connectivity index (χ4v) is 1.28. The molecule has 1 aromatic rings. The summed E-state index contributed by atoms with van der Waals surface area (Å²) < 4.78 is 18.6. The Balaban J connectivity index is 2.69. The summed E-state index contributed by atoms with van der Waals surface area (Å²) >= 11 is 0. The van der Waals surface area contributed by atoms with Crippen LogP contribution < -0.4 is 0 Å². The lowest BCUT2D eigenvalue weighted by atomic mass is 10.1. The maximum absolute atomic E-state index is 13.4. The minimum atomic E-state index is -0.895. The van der Waals surface area contributed by atoms with Gasteiger partial charge in [-0.05, 0) is 32.4 Å². The molecule has 1 rings (SSSR count). The molecule has 1 aromatic carbocycles. The zero-order valence-corrected chi connectivity index (χ0v) is 9.33. The standard InChI is InChI=1S/C12H17FO2/c1-8(2)15-7-12(14)10-5-4-9(3)6-11(10)13/h4-6,8,12,14H,7H2,1-3H3. The summed E-state index contributed by atoms with van der Waals surface area (Å²) in [6.07, 6.45) is -0.860. The van der Waals surface area contributed by atoms with Gasteiger partial charge in [-0.15, -0.1) is 0 Å². The number of hydrogen-bond donors (Lipinski definition) is 1. The molecular formula is C12H17FO2. The molecule has 0 saturated heterocycles. The van der Waals surface area contributed by atoms with Crippen LogP contribution in [0.1, 0.15) is 31.1 Å². The Kier molecular flexibility index (Phi) is 4.24. The number of benzene rings is 1. The van der Waals surface area contributed by atoms with Gasteiger partial charge in [-0.25, -0.2) is 4.39 Å². The van der Waals surface area contributed by atoms with Gasteiger partial charge < -0.3 is 9.84 Å². The number of aliphatic hydroxyl groups is 1. The number of aryl methyl sites for hydroxylation is 1. The van der Waals surface area contributed by atoms with E-state index in [1.807, 2.05) is 20.8 Å². The van der Waals surface area contributed by atoms with Crippen LogP contribution in [-0.2, 0) is 4.74 Å². The predicted octanol–water partition coefficient (Wildman–Crippen LogP) is 2.59. The van der Waals surface area contributed by atoms with Crippen molar-refractivity contribution >= 4 is 0 Å². The van der Waals surface area contributed by atoms with Gasteiger partial charge in [0.05, 0.1) is 12.7 Å². The van der Waals surface area contributed by atoms with Crippen LogP contribution >= 0.6 is 0 Å². The van der Waals surface area contributed by atoms with Gasteiger partial charge in [-0.2, -0.15) is 0 Å². The summed E-state index contributed by atoms with van der Waals surface area (Å²) in [6, 6.07) is 4.78. The van der Waals surface area contributed by atoms with Gasteiger partial charge in [0.1, 0.15) is 11.9 Å². The Labute approximate surface area is 89.7 Å². The van der Waals surface area contributed by atoms with E-state index in [1.165, 1.54) is 6.07 Å². The van der Waals surface area contributed by atoms with E-state index in [4.69, 9.17) is 4.74 Å². The Morgan fingerprint density at radius 1 is 1.40 bits per heavy atom. The van der Waals surface area contributed by atoms with Gasteiger partial charge in [-0.3, -0.25) is 0 Å². The topological polar surface area (TPSA) is 29.5 Å². The molecule has 0 aromatic heterocycles. The smallest absolute Gasteiger partial charge is 0.129 e. The highest BCUT2D eigenvalue weighted by molar-refractivity contribution is 5.25. The maximum atomic E-state index is 13.4. The fourth-order valence-electron chi connectivity index (χ4n) is 1.28. The highest BCUT2D eigenvalue weighted by Crippen LogP contribution is 2.18. The molecule has 3 heteroatoms. The second-order valence-electron chi connectivity index (χ2n) is 3.92. The zero-order chi connectivity index (χ0) is 11.4. The molecule has 0 aliphatic carbocycles. The molecule has 84 valence electrons. The molecule has 0 saturated carbocycles. The summed E-state index contributed by atoms with van der Waals surface area (Å²) in [6.45, 7) is 5.68. The lowest BCUT2D eigenvalue weighted by Gasteiger charge is -2.14. The first-order chi connectivity index (χ1) is 7.00. The molecule has 2 nitrogen and oxygen atoms in total. The molecule has 1 atom stereocenters. The van der Waals surface area contributed by atoms with Crippen molar-refractivity contribution in [2.45, 2.75) is 33.0 Å². The minimum absolute atomic E-state index is 0.0353. The van der Waals surface area contributed by atoms with Crippen molar-refractivity contribution in [3.05, 3.63) is 35.1 Å². The average molecular weight is 212 g/mol. The zero-order valence-electron chi connectivity index (χ0n) is 9.33.